The summed E-state index contributed by atoms with van der Waals surface area (Å²) in [6, 6.07) is 13.9. The van der Waals surface area contributed by atoms with Gasteiger partial charge in [-0.1, -0.05) is 41.9 Å². The zero-order valence-electron chi connectivity index (χ0n) is 16.4. The number of alkyl halides is 3. The van der Waals surface area contributed by atoms with Gasteiger partial charge in [0.25, 0.3) is 0 Å². The van der Waals surface area contributed by atoms with Crippen LogP contribution in [0.1, 0.15) is 16.7 Å². The molecule has 3 rings (SSSR count). The number of hydrogen-bond acceptors (Lipinski definition) is 4. The molecule has 0 amide bonds. The Kier molecular flexibility index (Phi) is 7.73. The van der Waals surface area contributed by atoms with Gasteiger partial charge in [0.05, 0.1) is 16.8 Å². The minimum Gasteiger partial charge on any atom is -0.490 e. The molecule has 0 saturated heterocycles. The van der Waals surface area contributed by atoms with E-state index in [0.717, 1.165) is 17.8 Å². The molecule has 0 aliphatic rings. The second kappa shape index (κ2) is 10.3. The lowest BCUT2D eigenvalue weighted by Gasteiger charge is -2.15. The smallest absolute Gasteiger partial charge is 0.417 e. The van der Waals surface area contributed by atoms with Gasteiger partial charge >= 0.3 is 6.18 Å². The Morgan fingerprint density at radius 2 is 1.84 bits per heavy atom. The Balaban J connectivity index is 2.01. The molecule has 0 aliphatic carbocycles. The Morgan fingerprint density at radius 3 is 2.44 bits per heavy atom. The van der Waals surface area contributed by atoms with E-state index in [-0.39, 0.29) is 16.5 Å². The van der Waals surface area contributed by atoms with Gasteiger partial charge < -0.3 is 4.74 Å². The molecule has 0 fully saturated rings. The summed E-state index contributed by atoms with van der Waals surface area (Å²) in [6.07, 6.45) is -3.13. The first kappa shape index (κ1) is 24.0. The van der Waals surface area contributed by atoms with Gasteiger partial charge in [-0.25, -0.2) is 4.98 Å². The standard InChI is InChI=1S/C23H15Cl2F3N2OS/c1-2-9-31-17-7-4-14(5-8-17)21-11-19(23(26,27)28)18(12-29)22(30-21)32-13-15-3-6-16(24)10-20(15)25/h2-8,10-11H,1,9,13H2. The van der Waals surface area contributed by atoms with Gasteiger partial charge in [-0.05, 0) is 48.0 Å². The summed E-state index contributed by atoms with van der Waals surface area (Å²) in [4.78, 5) is 4.36. The number of nitrogens with zero attached hydrogens (tertiary/aromatic N) is 2. The van der Waals surface area contributed by atoms with Crippen molar-refractivity contribution in [2.24, 2.45) is 0 Å². The lowest BCUT2D eigenvalue weighted by molar-refractivity contribution is -0.138. The van der Waals surface area contributed by atoms with Crippen molar-refractivity contribution in [2.75, 3.05) is 6.61 Å². The van der Waals surface area contributed by atoms with E-state index in [9.17, 15) is 18.4 Å². The number of pyridine rings is 1. The van der Waals surface area contributed by atoms with Crippen molar-refractivity contribution in [1.29, 1.82) is 5.26 Å². The van der Waals surface area contributed by atoms with Crippen LogP contribution < -0.4 is 4.74 Å². The fourth-order valence-corrected chi connectivity index (χ4v) is 4.33. The molecule has 3 nitrogen and oxygen atoms in total. The molecule has 0 radical (unpaired) electrons. The van der Waals surface area contributed by atoms with Gasteiger partial charge in [0.15, 0.2) is 0 Å². The van der Waals surface area contributed by atoms with Crippen LogP contribution in [-0.2, 0) is 11.9 Å². The number of aromatic nitrogens is 1. The van der Waals surface area contributed by atoms with Crippen LogP contribution in [-0.4, -0.2) is 11.6 Å². The van der Waals surface area contributed by atoms with Gasteiger partial charge in [-0.3, -0.25) is 0 Å². The van der Waals surface area contributed by atoms with E-state index in [0.29, 0.717) is 33.5 Å². The van der Waals surface area contributed by atoms with Gasteiger partial charge in [0.2, 0.25) is 0 Å². The largest absolute Gasteiger partial charge is 0.490 e. The summed E-state index contributed by atoms with van der Waals surface area (Å²) in [7, 11) is 0. The average molecular weight is 495 g/mol. The predicted molar refractivity (Wildman–Crippen MR) is 121 cm³/mol. The number of benzene rings is 2. The maximum Gasteiger partial charge on any atom is 0.417 e. The highest BCUT2D eigenvalue weighted by Crippen LogP contribution is 2.39. The second-order valence-electron chi connectivity index (χ2n) is 6.49. The third kappa shape index (κ3) is 5.77. The van der Waals surface area contributed by atoms with Crippen LogP contribution in [0.2, 0.25) is 10.0 Å². The number of hydrogen-bond donors (Lipinski definition) is 0. The molecule has 0 spiro atoms. The lowest BCUT2D eigenvalue weighted by Crippen LogP contribution is -2.10. The van der Waals surface area contributed by atoms with Gasteiger partial charge in [0.1, 0.15) is 23.5 Å². The van der Waals surface area contributed by atoms with Crippen LogP contribution >= 0.6 is 35.0 Å². The summed E-state index contributed by atoms with van der Waals surface area (Å²) in [5.41, 5.74) is -0.355. The van der Waals surface area contributed by atoms with E-state index in [1.165, 1.54) is 0 Å². The van der Waals surface area contributed by atoms with Gasteiger partial charge in [-0.2, -0.15) is 18.4 Å². The number of nitriles is 1. The third-order valence-electron chi connectivity index (χ3n) is 4.30. The zero-order valence-corrected chi connectivity index (χ0v) is 18.7. The quantitative estimate of drug-likeness (QED) is 0.248. The molecule has 3 aromatic rings. The van der Waals surface area contributed by atoms with Gasteiger partial charge in [0, 0.05) is 21.4 Å². The van der Waals surface area contributed by atoms with E-state index in [2.05, 4.69) is 11.6 Å². The number of halogens is 5. The summed E-state index contributed by atoms with van der Waals surface area (Å²) in [5.74, 6) is 0.762. The summed E-state index contributed by atoms with van der Waals surface area (Å²) in [5, 5.41) is 10.3. The molecule has 0 atom stereocenters. The van der Waals surface area contributed by atoms with Crippen molar-refractivity contribution in [1.82, 2.24) is 4.98 Å². The molecule has 0 N–H and O–H groups in total. The maximum atomic E-state index is 13.7. The van der Waals surface area contributed by atoms with Crippen LogP contribution in [0.15, 0.2) is 66.2 Å². The topological polar surface area (TPSA) is 45.9 Å². The monoisotopic (exact) mass is 494 g/mol. The molecule has 1 heterocycles. The molecule has 164 valence electrons. The predicted octanol–water partition coefficient (Wildman–Crippen LogP) is 7.80. The van der Waals surface area contributed by atoms with Crippen LogP contribution in [0.5, 0.6) is 5.75 Å². The molecular weight excluding hydrogens is 480 g/mol. The van der Waals surface area contributed by atoms with E-state index in [1.807, 2.05) is 0 Å². The highest BCUT2D eigenvalue weighted by atomic mass is 35.5. The zero-order chi connectivity index (χ0) is 23.3. The van der Waals surface area contributed by atoms with E-state index in [1.54, 1.807) is 54.6 Å². The fourth-order valence-electron chi connectivity index (χ4n) is 2.77. The molecule has 9 heteroatoms. The van der Waals surface area contributed by atoms with Crippen molar-refractivity contribution in [3.05, 3.63) is 87.9 Å². The Morgan fingerprint density at radius 1 is 1.12 bits per heavy atom. The van der Waals surface area contributed by atoms with Crippen molar-refractivity contribution < 1.29 is 17.9 Å². The van der Waals surface area contributed by atoms with Crippen LogP contribution in [0.4, 0.5) is 13.2 Å². The third-order valence-corrected chi connectivity index (χ3v) is 5.91. The summed E-state index contributed by atoms with van der Waals surface area (Å²) >= 11 is 13.1. The van der Waals surface area contributed by atoms with Crippen LogP contribution in [0, 0.1) is 11.3 Å². The molecule has 0 saturated carbocycles. The normalized spacial score (nSPS) is 11.1. The number of ether oxygens (including phenoxy) is 1. The van der Waals surface area contributed by atoms with E-state index in [4.69, 9.17) is 27.9 Å². The highest BCUT2D eigenvalue weighted by molar-refractivity contribution is 7.98. The SMILES string of the molecule is C=CCOc1ccc(-c2cc(C(F)(F)F)c(C#N)c(SCc3ccc(Cl)cc3Cl)n2)cc1. The van der Waals surface area contributed by atoms with Crippen molar-refractivity contribution in [3.8, 4) is 23.1 Å². The van der Waals surface area contributed by atoms with Crippen molar-refractivity contribution in [2.45, 2.75) is 17.0 Å². The molecule has 32 heavy (non-hydrogen) atoms. The van der Waals surface area contributed by atoms with E-state index >= 15 is 0 Å². The molecular formula is C23H15Cl2F3N2OS. The van der Waals surface area contributed by atoms with Crippen molar-refractivity contribution in [3.63, 3.8) is 0 Å². The highest BCUT2D eigenvalue weighted by Gasteiger charge is 2.36. The van der Waals surface area contributed by atoms with Gasteiger partial charge in [-0.15, -0.1) is 11.8 Å². The molecule has 0 bridgehead atoms. The molecule has 2 aromatic carbocycles. The molecule has 1 aromatic heterocycles. The maximum absolute atomic E-state index is 13.7. The number of thioether (sulfide) groups is 1. The lowest BCUT2D eigenvalue weighted by atomic mass is 10.1. The van der Waals surface area contributed by atoms with E-state index < -0.39 is 17.3 Å². The Labute approximate surface area is 197 Å². The first-order valence-electron chi connectivity index (χ1n) is 9.16. The number of rotatable bonds is 7. The average Bonchev–Trinajstić information content (AvgIpc) is 2.76. The first-order chi connectivity index (χ1) is 15.2. The Bertz CT molecular complexity index is 1180. The first-order valence-corrected chi connectivity index (χ1v) is 10.9. The van der Waals surface area contributed by atoms with Crippen molar-refractivity contribution >= 4 is 35.0 Å². The second-order valence-corrected chi connectivity index (χ2v) is 8.30. The fraction of sp³-hybridized carbons (Fsp3) is 0.130. The summed E-state index contributed by atoms with van der Waals surface area (Å²) in [6.45, 7) is 3.87. The minimum absolute atomic E-state index is 0.0321. The minimum atomic E-state index is -4.72. The van der Waals surface area contributed by atoms with Crippen LogP contribution in [0.3, 0.4) is 0 Å². The molecule has 0 unspecified atom stereocenters. The summed E-state index contributed by atoms with van der Waals surface area (Å²) < 4.78 is 46.6. The molecule has 0 aliphatic heterocycles. The Hall–Kier alpha value is -2.66. The van der Waals surface area contributed by atoms with Crippen LogP contribution in [0.25, 0.3) is 11.3 Å².